The van der Waals surface area contributed by atoms with E-state index in [-0.39, 0.29) is 11.8 Å². The van der Waals surface area contributed by atoms with E-state index < -0.39 is 0 Å². The Morgan fingerprint density at radius 1 is 0.667 bits per heavy atom. The van der Waals surface area contributed by atoms with Crippen LogP contribution in [-0.2, 0) is 0 Å². The van der Waals surface area contributed by atoms with Gasteiger partial charge in [-0.05, 0) is 23.9 Å². The first-order valence-electron chi connectivity index (χ1n) is 10.6. The largest absolute Gasteiger partial charge is 0.274 e. The van der Waals surface area contributed by atoms with Gasteiger partial charge in [-0.25, -0.2) is 0 Å². The Kier molecular flexibility index (Phi) is 7.03. The first-order valence-corrected chi connectivity index (χ1v) is 10.6. The Hall–Kier alpha value is -2.16. The van der Waals surface area contributed by atoms with Crippen LogP contribution in [0.4, 0.5) is 0 Å². The fourth-order valence-corrected chi connectivity index (χ4v) is 4.04. The summed E-state index contributed by atoms with van der Waals surface area (Å²) < 4.78 is 0. The van der Waals surface area contributed by atoms with Gasteiger partial charge in [0.05, 0.1) is 0 Å². The average Bonchev–Trinajstić information content (AvgIpc) is 2.69. The molecule has 0 aromatic heterocycles. The second kappa shape index (κ2) is 9.68. The summed E-state index contributed by atoms with van der Waals surface area (Å²) in [5.74, 6) is -0.277. The van der Waals surface area contributed by atoms with E-state index in [1.54, 1.807) is 0 Å². The zero-order valence-electron chi connectivity index (χ0n) is 16.5. The Balaban J connectivity index is 1.47. The summed E-state index contributed by atoms with van der Waals surface area (Å²) in [5.41, 5.74) is 1.32. The third-order valence-electron chi connectivity index (χ3n) is 5.59. The molecule has 0 unspecified atom stereocenters. The molecule has 1 heterocycles. The minimum atomic E-state index is -0.139. The van der Waals surface area contributed by atoms with Crippen molar-refractivity contribution < 1.29 is 9.59 Å². The zero-order valence-corrected chi connectivity index (χ0v) is 16.5. The van der Waals surface area contributed by atoms with E-state index >= 15 is 0 Å². The standard InChI is InChI=1S/C24H31NO2/c1-2-3-4-5-6-7-8-9-10-11-18-25-23(26)20-16-12-14-19-15-13-17-21(22(19)20)24(25)27/h12-17H,2-11,18H2,1H3. The summed E-state index contributed by atoms with van der Waals surface area (Å²) in [7, 11) is 0. The van der Waals surface area contributed by atoms with Crippen molar-refractivity contribution in [2.24, 2.45) is 0 Å². The van der Waals surface area contributed by atoms with Crippen LogP contribution in [0, 0.1) is 0 Å². The van der Waals surface area contributed by atoms with Gasteiger partial charge in [-0.3, -0.25) is 14.5 Å². The van der Waals surface area contributed by atoms with Gasteiger partial charge in [0.2, 0.25) is 0 Å². The van der Waals surface area contributed by atoms with Crippen molar-refractivity contribution in [2.45, 2.75) is 71.1 Å². The molecule has 3 rings (SSSR count). The number of hydrogen-bond acceptors (Lipinski definition) is 2. The highest BCUT2D eigenvalue weighted by atomic mass is 16.2. The van der Waals surface area contributed by atoms with Gasteiger partial charge in [-0.15, -0.1) is 0 Å². The number of rotatable bonds is 11. The van der Waals surface area contributed by atoms with Crippen LogP contribution in [-0.4, -0.2) is 23.3 Å². The van der Waals surface area contributed by atoms with Crippen molar-refractivity contribution in [2.75, 3.05) is 6.54 Å². The molecule has 144 valence electrons. The fourth-order valence-electron chi connectivity index (χ4n) is 4.04. The van der Waals surface area contributed by atoms with Crippen molar-refractivity contribution in [3.8, 4) is 0 Å². The van der Waals surface area contributed by atoms with Gasteiger partial charge >= 0.3 is 0 Å². The van der Waals surface area contributed by atoms with Crippen molar-refractivity contribution >= 4 is 22.6 Å². The second-order valence-electron chi connectivity index (χ2n) is 7.65. The monoisotopic (exact) mass is 365 g/mol. The van der Waals surface area contributed by atoms with E-state index in [9.17, 15) is 9.59 Å². The SMILES string of the molecule is CCCCCCCCCCCCN1C(=O)c2cccc3cccc(c23)C1=O. The van der Waals surface area contributed by atoms with E-state index in [0.29, 0.717) is 17.7 Å². The summed E-state index contributed by atoms with van der Waals surface area (Å²) in [6.07, 6.45) is 12.4. The molecule has 2 amide bonds. The topological polar surface area (TPSA) is 37.4 Å². The summed E-state index contributed by atoms with van der Waals surface area (Å²) in [5, 5.41) is 1.78. The number of carbonyl (C=O) groups is 2. The summed E-state index contributed by atoms with van der Waals surface area (Å²) in [6.45, 7) is 2.77. The smallest absolute Gasteiger partial charge is 0.261 e. The van der Waals surface area contributed by atoms with Gasteiger partial charge in [-0.1, -0.05) is 89.0 Å². The highest BCUT2D eigenvalue weighted by Crippen LogP contribution is 2.30. The van der Waals surface area contributed by atoms with Gasteiger partial charge in [0.15, 0.2) is 0 Å². The van der Waals surface area contributed by atoms with Crippen LogP contribution in [0.25, 0.3) is 10.8 Å². The van der Waals surface area contributed by atoms with Crippen molar-refractivity contribution in [3.05, 3.63) is 47.5 Å². The predicted molar refractivity (Wildman–Crippen MR) is 111 cm³/mol. The maximum Gasteiger partial charge on any atom is 0.261 e. The lowest BCUT2D eigenvalue weighted by Crippen LogP contribution is -2.40. The number of amides is 2. The summed E-state index contributed by atoms with van der Waals surface area (Å²) in [6, 6.07) is 11.4. The minimum absolute atomic E-state index is 0.139. The lowest BCUT2D eigenvalue weighted by Gasteiger charge is -2.27. The quantitative estimate of drug-likeness (QED) is 0.343. The molecular weight excluding hydrogens is 334 g/mol. The van der Waals surface area contributed by atoms with E-state index in [1.165, 1.54) is 56.3 Å². The molecule has 1 aliphatic heterocycles. The van der Waals surface area contributed by atoms with Crippen LogP contribution < -0.4 is 0 Å². The van der Waals surface area contributed by atoms with E-state index in [0.717, 1.165) is 23.6 Å². The molecule has 0 atom stereocenters. The molecule has 0 fully saturated rings. The number of nitrogens with zero attached hydrogens (tertiary/aromatic N) is 1. The third-order valence-corrected chi connectivity index (χ3v) is 5.59. The number of hydrogen-bond donors (Lipinski definition) is 0. The lowest BCUT2D eigenvalue weighted by atomic mass is 9.94. The Morgan fingerprint density at radius 2 is 1.15 bits per heavy atom. The Bertz CT molecular complexity index is 745. The van der Waals surface area contributed by atoms with Gasteiger partial charge < -0.3 is 0 Å². The fraction of sp³-hybridized carbons (Fsp3) is 0.500. The summed E-state index contributed by atoms with van der Waals surface area (Å²) >= 11 is 0. The van der Waals surface area contributed by atoms with Gasteiger partial charge in [0.25, 0.3) is 11.8 Å². The molecule has 0 radical (unpaired) electrons. The third kappa shape index (κ3) is 4.58. The molecule has 0 saturated heterocycles. The molecule has 0 aliphatic carbocycles. The average molecular weight is 366 g/mol. The van der Waals surface area contributed by atoms with E-state index in [2.05, 4.69) is 6.92 Å². The Morgan fingerprint density at radius 3 is 1.67 bits per heavy atom. The minimum Gasteiger partial charge on any atom is -0.274 e. The number of imide groups is 1. The number of benzene rings is 2. The first-order chi connectivity index (χ1) is 13.2. The molecule has 3 nitrogen and oxygen atoms in total. The predicted octanol–water partition coefficient (Wildman–Crippen LogP) is 6.36. The molecule has 0 N–H and O–H groups in total. The van der Waals surface area contributed by atoms with Crippen LogP contribution in [0.3, 0.4) is 0 Å². The highest BCUT2D eigenvalue weighted by molar-refractivity contribution is 6.25. The highest BCUT2D eigenvalue weighted by Gasteiger charge is 2.31. The Labute approximate surface area is 162 Å². The molecule has 0 saturated carbocycles. The van der Waals surface area contributed by atoms with Crippen LogP contribution in [0.2, 0.25) is 0 Å². The molecule has 0 spiro atoms. The van der Waals surface area contributed by atoms with Crippen LogP contribution in [0.1, 0.15) is 91.8 Å². The van der Waals surface area contributed by atoms with Crippen LogP contribution in [0.5, 0.6) is 0 Å². The van der Waals surface area contributed by atoms with Crippen molar-refractivity contribution in [1.29, 1.82) is 0 Å². The van der Waals surface area contributed by atoms with Gasteiger partial charge in [-0.2, -0.15) is 0 Å². The molecule has 2 aromatic rings. The molecular formula is C24H31NO2. The summed E-state index contributed by atoms with van der Waals surface area (Å²) in [4.78, 5) is 27.1. The maximum atomic E-state index is 12.8. The molecule has 0 bridgehead atoms. The van der Waals surface area contributed by atoms with Crippen LogP contribution in [0.15, 0.2) is 36.4 Å². The molecule has 1 aliphatic rings. The van der Waals surface area contributed by atoms with Crippen LogP contribution >= 0.6 is 0 Å². The van der Waals surface area contributed by atoms with Gasteiger partial charge in [0.1, 0.15) is 0 Å². The van der Waals surface area contributed by atoms with Crippen molar-refractivity contribution in [1.82, 2.24) is 4.90 Å². The lowest BCUT2D eigenvalue weighted by molar-refractivity contribution is 0.0607. The molecule has 2 aromatic carbocycles. The zero-order chi connectivity index (χ0) is 19.1. The van der Waals surface area contributed by atoms with E-state index in [1.807, 2.05) is 36.4 Å². The van der Waals surface area contributed by atoms with E-state index in [4.69, 9.17) is 0 Å². The number of unbranched alkanes of at least 4 members (excludes halogenated alkanes) is 9. The van der Waals surface area contributed by atoms with Gasteiger partial charge in [0, 0.05) is 23.1 Å². The first kappa shape index (κ1) is 19.6. The second-order valence-corrected chi connectivity index (χ2v) is 7.65. The normalized spacial score (nSPS) is 13.6. The maximum absolute atomic E-state index is 12.8. The molecule has 3 heteroatoms. The molecule has 27 heavy (non-hydrogen) atoms. The number of carbonyl (C=O) groups excluding carboxylic acids is 2. The van der Waals surface area contributed by atoms with Crippen molar-refractivity contribution in [3.63, 3.8) is 0 Å².